The van der Waals surface area contributed by atoms with E-state index in [0.717, 1.165) is 24.3 Å². The van der Waals surface area contributed by atoms with Gasteiger partial charge in [-0.15, -0.1) is 0 Å². The van der Waals surface area contributed by atoms with E-state index in [4.69, 9.17) is 0 Å². The summed E-state index contributed by atoms with van der Waals surface area (Å²) in [6, 6.07) is 6.22. The van der Waals surface area contributed by atoms with Crippen molar-refractivity contribution < 1.29 is 4.79 Å². The van der Waals surface area contributed by atoms with E-state index in [2.05, 4.69) is 38.3 Å². The van der Waals surface area contributed by atoms with Gasteiger partial charge in [-0.3, -0.25) is 4.79 Å². The lowest BCUT2D eigenvalue weighted by Gasteiger charge is -2.19. The molecule has 0 atom stereocenters. The molecule has 4 heteroatoms. The number of anilines is 2. The molecule has 1 aromatic carbocycles. The van der Waals surface area contributed by atoms with Gasteiger partial charge in [0.1, 0.15) is 0 Å². The van der Waals surface area contributed by atoms with Gasteiger partial charge in [-0.05, 0) is 43.5 Å². The third kappa shape index (κ3) is 3.00. The highest BCUT2D eigenvalue weighted by Crippen LogP contribution is 2.25. The zero-order chi connectivity index (χ0) is 12.3. The molecule has 1 amide bonds. The van der Waals surface area contributed by atoms with Crippen LogP contribution in [0.15, 0.2) is 18.2 Å². The smallest absolute Gasteiger partial charge is 0.235 e. The van der Waals surface area contributed by atoms with Crippen molar-refractivity contribution in [1.82, 2.24) is 0 Å². The number of alkyl halides is 1. The number of aryl methyl sites for hydroxylation is 1. The second-order valence-corrected chi connectivity index (χ2v) is 4.94. The average molecular weight is 297 g/mol. The quantitative estimate of drug-likeness (QED) is 0.870. The van der Waals surface area contributed by atoms with Crippen molar-refractivity contribution in [1.29, 1.82) is 0 Å². The fraction of sp³-hybridized carbons (Fsp3) is 0.462. The minimum Gasteiger partial charge on any atom is -0.372 e. The Labute approximate surface area is 110 Å². The van der Waals surface area contributed by atoms with Gasteiger partial charge in [0, 0.05) is 24.5 Å². The Hall–Kier alpha value is -1.03. The minimum atomic E-state index is -0.0120. The second-order valence-electron chi connectivity index (χ2n) is 4.38. The van der Waals surface area contributed by atoms with Crippen molar-refractivity contribution in [2.75, 3.05) is 28.6 Å². The van der Waals surface area contributed by atoms with Gasteiger partial charge < -0.3 is 10.2 Å². The second kappa shape index (κ2) is 5.54. The van der Waals surface area contributed by atoms with Crippen molar-refractivity contribution >= 4 is 33.2 Å². The summed E-state index contributed by atoms with van der Waals surface area (Å²) in [5, 5.41) is 3.21. The molecule has 0 saturated carbocycles. The van der Waals surface area contributed by atoms with Crippen LogP contribution in [0.1, 0.15) is 18.4 Å². The van der Waals surface area contributed by atoms with Gasteiger partial charge in [0.05, 0.1) is 5.33 Å². The molecule has 1 fully saturated rings. The van der Waals surface area contributed by atoms with E-state index < -0.39 is 0 Å². The maximum absolute atomic E-state index is 11.3. The number of rotatable bonds is 3. The summed E-state index contributed by atoms with van der Waals surface area (Å²) in [5.74, 6) is -0.0120. The van der Waals surface area contributed by atoms with Crippen molar-refractivity contribution in [3.8, 4) is 0 Å². The van der Waals surface area contributed by atoms with Crippen molar-refractivity contribution in [2.24, 2.45) is 0 Å². The first kappa shape index (κ1) is 12.4. The Morgan fingerprint density at radius 1 is 1.41 bits per heavy atom. The fourth-order valence-corrected chi connectivity index (χ4v) is 2.28. The summed E-state index contributed by atoms with van der Waals surface area (Å²) >= 11 is 3.14. The molecule has 0 aromatic heterocycles. The number of nitrogens with one attached hydrogen (secondary N) is 1. The molecule has 0 unspecified atom stereocenters. The molecule has 1 aromatic rings. The summed E-state index contributed by atoms with van der Waals surface area (Å²) < 4.78 is 0. The van der Waals surface area contributed by atoms with Crippen LogP contribution in [0.2, 0.25) is 0 Å². The Bertz CT molecular complexity index is 414. The number of carbonyl (C=O) groups is 1. The van der Waals surface area contributed by atoms with E-state index in [9.17, 15) is 4.79 Å². The maximum Gasteiger partial charge on any atom is 0.235 e. The zero-order valence-corrected chi connectivity index (χ0v) is 11.6. The Balaban J connectivity index is 2.13. The van der Waals surface area contributed by atoms with E-state index in [-0.39, 0.29) is 5.91 Å². The SMILES string of the molecule is Cc1cc(N2CCCC2)ccc1NC(=O)CBr. The molecule has 1 saturated heterocycles. The fourth-order valence-electron chi connectivity index (χ4n) is 2.14. The van der Waals surface area contributed by atoms with Crippen LogP contribution in [0.4, 0.5) is 11.4 Å². The number of halogens is 1. The molecule has 1 heterocycles. The lowest BCUT2D eigenvalue weighted by molar-refractivity contribution is -0.113. The van der Waals surface area contributed by atoms with Gasteiger partial charge in [0.2, 0.25) is 5.91 Å². The maximum atomic E-state index is 11.3. The summed E-state index contributed by atoms with van der Waals surface area (Å²) in [7, 11) is 0. The van der Waals surface area contributed by atoms with Crippen molar-refractivity contribution in [3.05, 3.63) is 23.8 Å². The highest BCUT2D eigenvalue weighted by atomic mass is 79.9. The van der Waals surface area contributed by atoms with Gasteiger partial charge in [-0.1, -0.05) is 15.9 Å². The first-order valence-corrected chi connectivity index (χ1v) is 7.04. The van der Waals surface area contributed by atoms with Crippen LogP contribution in [-0.4, -0.2) is 24.3 Å². The third-order valence-electron chi connectivity index (χ3n) is 3.08. The van der Waals surface area contributed by atoms with Gasteiger partial charge in [0.15, 0.2) is 0 Å². The van der Waals surface area contributed by atoms with Crippen molar-refractivity contribution in [2.45, 2.75) is 19.8 Å². The molecule has 0 radical (unpaired) electrons. The van der Waals surface area contributed by atoms with Crippen molar-refractivity contribution in [3.63, 3.8) is 0 Å². The summed E-state index contributed by atoms with van der Waals surface area (Å²) in [4.78, 5) is 13.7. The van der Waals surface area contributed by atoms with Crippen LogP contribution in [0, 0.1) is 6.92 Å². The number of nitrogens with zero attached hydrogens (tertiary/aromatic N) is 1. The average Bonchev–Trinajstić information content (AvgIpc) is 2.85. The molecule has 17 heavy (non-hydrogen) atoms. The lowest BCUT2D eigenvalue weighted by Crippen LogP contribution is -2.18. The topological polar surface area (TPSA) is 32.3 Å². The summed E-state index contributed by atoms with van der Waals surface area (Å²) in [5.41, 5.74) is 3.28. The highest BCUT2D eigenvalue weighted by Gasteiger charge is 2.13. The van der Waals surface area contributed by atoms with Gasteiger partial charge in [-0.2, -0.15) is 0 Å². The van der Waals surface area contributed by atoms with E-state index >= 15 is 0 Å². The molecule has 0 bridgehead atoms. The predicted octanol–water partition coefficient (Wildman–Crippen LogP) is 2.93. The largest absolute Gasteiger partial charge is 0.372 e. The summed E-state index contributed by atoms with van der Waals surface area (Å²) in [6.07, 6.45) is 2.56. The third-order valence-corrected chi connectivity index (χ3v) is 3.59. The zero-order valence-electron chi connectivity index (χ0n) is 10.0. The van der Waals surface area contributed by atoms with Gasteiger partial charge >= 0.3 is 0 Å². The molecule has 1 N–H and O–H groups in total. The normalized spacial score (nSPS) is 15.1. The molecule has 0 aliphatic carbocycles. The van der Waals surface area contributed by atoms with E-state index in [1.54, 1.807) is 0 Å². The Morgan fingerprint density at radius 2 is 2.12 bits per heavy atom. The van der Waals surface area contributed by atoms with E-state index in [1.807, 2.05) is 13.0 Å². The van der Waals surface area contributed by atoms with Crippen LogP contribution < -0.4 is 10.2 Å². The molecule has 1 aliphatic heterocycles. The first-order chi connectivity index (χ1) is 8.20. The molecular weight excluding hydrogens is 280 g/mol. The van der Waals surface area contributed by atoms with E-state index in [1.165, 1.54) is 18.5 Å². The van der Waals surface area contributed by atoms with Crippen LogP contribution in [0.3, 0.4) is 0 Å². The number of hydrogen-bond acceptors (Lipinski definition) is 2. The molecule has 3 nitrogen and oxygen atoms in total. The lowest BCUT2D eigenvalue weighted by atomic mass is 10.1. The van der Waals surface area contributed by atoms with Crippen LogP contribution in [0.25, 0.3) is 0 Å². The van der Waals surface area contributed by atoms with Crippen LogP contribution in [-0.2, 0) is 4.79 Å². The minimum absolute atomic E-state index is 0.0120. The Kier molecular flexibility index (Phi) is 4.05. The first-order valence-electron chi connectivity index (χ1n) is 5.92. The standard InChI is InChI=1S/C13H17BrN2O/c1-10-8-11(16-6-2-3-7-16)4-5-12(10)15-13(17)9-14/h4-5,8H,2-3,6-7,9H2,1H3,(H,15,17). The monoisotopic (exact) mass is 296 g/mol. The van der Waals surface area contributed by atoms with Crippen LogP contribution in [0.5, 0.6) is 0 Å². The molecular formula is C13H17BrN2O. The summed E-state index contributed by atoms with van der Waals surface area (Å²) in [6.45, 7) is 4.32. The molecule has 2 rings (SSSR count). The van der Waals surface area contributed by atoms with E-state index in [0.29, 0.717) is 5.33 Å². The number of benzene rings is 1. The molecule has 0 spiro atoms. The number of amides is 1. The molecule has 92 valence electrons. The predicted molar refractivity (Wildman–Crippen MR) is 75.0 cm³/mol. The van der Waals surface area contributed by atoms with Gasteiger partial charge in [0.25, 0.3) is 0 Å². The Morgan fingerprint density at radius 3 is 2.71 bits per heavy atom. The van der Waals surface area contributed by atoms with Gasteiger partial charge in [-0.25, -0.2) is 0 Å². The molecule has 1 aliphatic rings. The van der Waals surface area contributed by atoms with Crippen LogP contribution >= 0.6 is 15.9 Å². The highest BCUT2D eigenvalue weighted by molar-refractivity contribution is 9.09. The number of hydrogen-bond donors (Lipinski definition) is 1. The number of carbonyl (C=O) groups excluding carboxylic acids is 1.